The third kappa shape index (κ3) is 11.8. The van der Waals surface area contributed by atoms with Crippen molar-refractivity contribution in [2.75, 3.05) is 0 Å². The van der Waals surface area contributed by atoms with Gasteiger partial charge in [-0.3, -0.25) is 28.5 Å². The lowest BCUT2D eigenvalue weighted by molar-refractivity contribution is -0.169. The van der Waals surface area contributed by atoms with Gasteiger partial charge in [0.25, 0.3) is 11.8 Å². The third-order valence-corrected chi connectivity index (χ3v) is 17.1. The maximum absolute atomic E-state index is 15.7. The fourth-order valence-electron chi connectivity index (χ4n) is 12.4. The molecule has 4 saturated carbocycles. The Bertz CT molecular complexity index is 3170. The summed E-state index contributed by atoms with van der Waals surface area (Å²) in [6.07, 6.45) is 2.57. The number of hydrogen-bond acceptors (Lipinski definition) is 8. The van der Waals surface area contributed by atoms with E-state index in [1.54, 1.807) is 52.1 Å². The van der Waals surface area contributed by atoms with Gasteiger partial charge in [-0.1, -0.05) is 6.07 Å². The van der Waals surface area contributed by atoms with Crippen LogP contribution in [0.1, 0.15) is 147 Å². The number of halogens is 8. The van der Waals surface area contributed by atoms with E-state index in [2.05, 4.69) is 46.1 Å². The summed E-state index contributed by atoms with van der Waals surface area (Å²) in [7, 11) is 0. The number of aryl methyl sites for hydroxylation is 2. The van der Waals surface area contributed by atoms with Gasteiger partial charge in [-0.2, -0.15) is 36.5 Å². The molecule has 6 unspecified atom stereocenters. The highest BCUT2D eigenvalue weighted by atomic mass is 19.4. The lowest BCUT2D eigenvalue weighted by atomic mass is 9.88. The van der Waals surface area contributed by atoms with Gasteiger partial charge in [0.2, 0.25) is 11.8 Å². The number of H-pyrrole nitrogens is 2. The number of rotatable bonds is 18. The van der Waals surface area contributed by atoms with Crippen LogP contribution in [0, 0.1) is 59.0 Å². The molecule has 24 heteroatoms. The minimum atomic E-state index is -4.50. The topological polar surface area (TPSA) is 209 Å². The second-order valence-electron chi connectivity index (χ2n) is 22.8. The summed E-state index contributed by atoms with van der Waals surface area (Å²) in [6, 6.07) is 4.97. The number of fused-ring (bicyclic) bond motifs is 2. The lowest BCUT2D eigenvalue weighted by Crippen LogP contribution is -2.51. The first-order valence-corrected chi connectivity index (χ1v) is 28.0. The minimum Gasteiger partial charge on any atom is -0.344 e. The number of hydrogen-bond donors (Lipinski definition) is 6. The molecule has 6 N–H and O–H groups in total. The number of imidazole rings is 2. The molecule has 0 radical (unpaired) electrons. The summed E-state index contributed by atoms with van der Waals surface area (Å²) in [6.45, 7) is 4.90. The third-order valence-electron chi connectivity index (χ3n) is 17.1. The highest BCUT2D eigenvalue weighted by Crippen LogP contribution is 2.55. The molecule has 6 fully saturated rings. The van der Waals surface area contributed by atoms with Gasteiger partial charge in [0.1, 0.15) is 46.2 Å². The first-order valence-electron chi connectivity index (χ1n) is 28.0. The smallest absolute Gasteiger partial charge is 0.344 e. The maximum atomic E-state index is 15.7. The number of nitrogens with zero attached hydrogens (tertiary/aromatic N) is 6. The van der Waals surface area contributed by atoms with Crippen molar-refractivity contribution in [2.24, 2.45) is 47.3 Å². The van der Waals surface area contributed by atoms with E-state index in [1.807, 2.05) is 19.2 Å². The van der Waals surface area contributed by atoms with E-state index in [0.29, 0.717) is 76.4 Å². The zero-order valence-electron chi connectivity index (χ0n) is 44.2. The first-order chi connectivity index (χ1) is 38.3. The van der Waals surface area contributed by atoms with E-state index >= 15 is 8.78 Å². The molecule has 16 nitrogen and oxygen atoms in total. The van der Waals surface area contributed by atoms with Crippen LogP contribution in [0.5, 0.6) is 0 Å². The molecule has 4 aliphatic carbocycles. The average Bonchev–Trinajstić information content (AvgIpc) is 4.36. The molecule has 428 valence electrons. The molecule has 6 atom stereocenters. The zero-order valence-corrected chi connectivity index (χ0v) is 44.2. The Labute approximate surface area is 454 Å². The van der Waals surface area contributed by atoms with Crippen LogP contribution in [0.25, 0.3) is 22.1 Å². The van der Waals surface area contributed by atoms with Crippen LogP contribution in [0.2, 0.25) is 0 Å². The molecule has 2 saturated heterocycles. The van der Waals surface area contributed by atoms with Crippen molar-refractivity contribution in [1.29, 1.82) is 0 Å². The summed E-state index contributed by atoms with van der Waals surface area (Å²) in [5.41, 5.74) is 2.74. The van der Waals surface area contributed by atoms with Crippen LogP contribution in [-0.2, 0) is 35.5 Å². The maximum Gasteiger partial charge on any atom is 0.408 e. The number of carbonyl (C=O) groups is 4. The van der Waals surface area contributed by atoms with Gasteiger partial charge in [-0.25, -0.2) is 18.7 Å². The summed E-state index contributed by atoms with van der Waals surface area (Å²) >= 11 is 0. The van der Waals surface area contributed by atoms with Crippen LogP contribution in [0.3, 0.4) is 0 Å². The molecule has 0 spiro atoms. The van der Waals surface area contributed by atoms with Crippen molar-refractivity contribution in [1.82, 2.24) is 60.8 Å². The number of benzene rings is 2. The Kier molecular flexibility index (Phi) is 15.1. The van der Waals surface area contributed by atoms with E-state index in [9.17, 15) is 45.5 Å². The number of alkyl halides is 6. The molecule has 4 aromatic heterocycles. The molecular weight excluding hydrogens is 1060 g/mol. The van der Waals surface area contributed by atoms with E-state index in [4.69, 9.17) is 0 Å². The van der Waals surface area contributed by atoms with E-state index in [-0.39, 0.29) is 78.8 Å². The van der Waals surface area contributed by atoms with Crippen LogP contribution in [-0.4, -0.2) is 87.6 Å². The predicted molar refractivity (Wildman–Crippen MR) is 275 cm³/mol. The Morgan fingerprint density at radius 2 is 1.05 bits per heavy atom. The van der Waals surface area contributed by atoms with Gasteiger partial charge in [-0.05, 0) is 181 Å². The molecule has 6 aliphatic rings. The van der Waals surface area contributed by atoms with Crippen molar-refractivity contribution in [3.63, 3.8) is 0 Å². The highest BCUT2D eigenvalue weighted by molar-refractivity contribution is 5.93. The number of piperidine rings is 2. The molecule has 2 aromatic carbocycles. The van der Waals surface area contributed by atoms with Crippen LogP contribution in [0.4, 0.5) is 35.1 Å². The van der Waals surface area contributed by atoms with Crippen molar-refractivity contribution >= 4 is 45.7 Å². The lowest BCUT2D eigenvalue weighted by Gasteiger charge is -2.30. The molecule has 80 heavy (non-hydrogen) atoms. The molecule has 6 heterocycles. The predicted octanol–water partition coefficient (Wildman–Crippen LogP) is 9.65. The fraction of sp³-hybridized carbons (Fsp3) is 0.571. The summed E-state index contributed by atoms with van der Waals surface area (Å²) in [4.78, 5) is 67.1. The molecule has 4 amide bonds. The highest BCUT2D eigenvalue weighted by Gasteiger charge is 2.50. The van der Waals surface area contributed by atoms with Gasteiger partial charge in [0, 0.05) is 37.3 Å². The minimum absolute atomic E-state index is 0.0195. The molecule has 6 aromatic rings. The van der Waals surface area contributed by atoms with Crippen molar-refractivity contribution < 1.29 is 54.3 Å². The normalized spacial score (nSPS) is 22.5. The van der Waals surface area contributed by atoms with Gasteiger partial charge >= 0.3 is 12.4 Å². The zero-order chi connectivity index (χ0) is 56.4. The average molecular weight is 1120 g/mol. The summed E-state index contributed by atoms with van der Waals surface area (Å²) in [5.74, 6) is -1.37. The number of amides is 4. The summed E-state index contributed by atoms with van der Waals surface area (Å²) in [5, 5.41) is 18.8. The number of nitrogens with one attached hydrogen (secondary N) is 6. The fourth-order valence-corrected chi connectivity index (χ4v) is 12.4. The number of carbonyl (C=O) groups excluding carboxylic acids is 4. The van der Waals surface area contributed by atoms with Crippen molar-refractivity contribution in [3.05, 3.63) is 94.6 Å². The first kappa shape index (κ1) is 55.0. The quantitative estimate of drug-likeness (QED) is 0.0456. The SMILES string of the molecule is CCn1nccc1C(=O)NC(c1nc2c(F)c(CC3CCC(C(F)(F)F)NC3=O)ccc2[nH]1)C(C1CC1)C1CC1.CCn1nccc1C(=O)NC(c1nc2c(F)cc(CC3CCC(C(F)(F)F)NC3=O)cc2[nH]1)C(C1CC1)C1CC1. The second kappa shape index (κ2) is 21.9. The van der Waals surface area contributed by atoms with Crippen LogP contribution >= 0.6 is 0 Å². The Balaban J connectivity index is 0.000000169. The van der Waals surface area contributed by atoms with E-state index in [0.717, 1.165) is 51.4 Å². The van der Waals surface area contributed by atoms with Crippen molar-refractivity contribution in [2.45, 2.75) is 153 Å². The standard InChI is InChI=1S/2C28H32F4N6O2/c1-2-38-19(11-12-33-38)27(40)37-24(21(14-3-4-14)15-5-6-15)25-34-18-9-7-16(22(29)23(18)36-25)13-17-8-10-20(28(30,31)32)35-26(17)39;1-2-38-20(9-10-33-38)27(40)37-24(22(15-3-4-15)16-5-6-16)25-34-19-13-14(12-18(29)23(19)36-25)11-17-7-8-21(28(30,31)32)35-26(17)39/h7,9,11-12,14-15,17,20-21,24H,2-6,8,10,13H2,1H3,(H,34,36)(H,35,39)(H,37,40);9-10,12-13,15-17,21-22,24H,2-8,11H2,1H3,(H,34,36)(H,35,39)(H,37,40). The van der Waals surface area contributed by atoms with Gasteiger partial charge in [0.05, 0.1) is 23.1 Å². The Morgan fingerprint density at radius 1 is 0.600 bits per heavy atom. The molecule has 0 bridgehead atoms. The van der Waals surface area contributed by atoms with E-state index < -0.39 is 71.8 Å². The number of aromatic amines is 2. The second-order valence-corrected chi connectivity index (χ2v) is 22.8. The summed E-state index contributed by atoms with van der Waals surface area (Å²) < 4.78 is 112. The van der Waals surface area contributed by atoms with Gasteiger partial charge in [-0.15, -0.1) is 0 Å². The van der Waals surface area contributed by atoms with Crippen molar-refractivity contribution in [3.8, 4) is 0 Å². The monoisotopic (exact) mass is 1120 g/mol. The molecule has 12 rings (SSSR count). The van der Waals surface area contributed by atoms with Gasteiger partial charge in [0.15, 0.2) is 11.6 Å². The van der Waals surface area contributed by atoms with Crippen LogP contribution in [0.15, 0.2) is 48.8 Å². The largest absolute Gasteiger partial charge is 0.408 e. The Morgan fingerprint density at radius 3 is 1.49 bits per heavy atom. The Hall–Kier alpha value is -6.88. The van der Waals surface area contributed by atoms with E-state index in [1.165, 1.54) is 6.07 Å². The van der Waals surface area contributed by atoms with Gasteiger partial charge < -0.3 is 31.2 Å². The molecular formula is C56H64F8N12O4. The number of aromatic nitrogens is 8. The van der Waals surface area contributed by atoms with Crippen LogP contribution < -0.4 is 21.3 Å². The molecule has 2 aliphatic heterocycles.